The lowest BCUT2D eigenvalue weighted by atomic mass is 10.0. The smallest absolute Gasteiger partial charge is 0.253 e. The van der Waals surface area contributed by atoms with Gasteiger partial charge in [0.25, 0.3) is 5.91 Å². The van der Waals surface area contributed by atoms with E-state index in [0.29, 0.717) is 11.4 Å². The summed E-state index contributed by atoms with van der Waals surface area (Å²) in [5.41, 5.74) is -0.756. The van der Waals surface area contributed by atoms with Crippen molar-refractivity contribution in [3.8, 4) is 0 Å². The number of carbonyl (C=O) groups excluding carboxylic acids is 2. The Bertz CT molecular complexity index is 627. The molecule has 1 aromatic rings. The molecule has 0 unspecified atom stereocenters. The summed E-state index contributed by atoms with van der Waals surface area (Å²) in [7, 11) is 1.61. The minimum absolute atomic E-state index is 0.165. The first-order chi connectivity index (χ1) is 11.4. The molecule has 0 fully saturated rings. The summed E-state index contributed by atoms with van der Waals surface area (Å²) < 4.78 is 0. The Morgan fingerprint density at radius 2 is 1.88 bits per heavy atom. The van der Waals surface area contributed by atoms with Crippen molar-refractivity contribution in [3.05, 3.63) is 33.8 Å². The first kappa shape index (κ1) is 21.7. The molecule has 0 saturated carbocycles. The summed E-state index contributed by atoms with van der Waals surface area (Å²) >= 11 is 11.9. The number of hydrogen-bond donors (Lipinski definition) is 2. The number of hydrogen-bond acceptors (Lipinski definition) is 3. The van der Waals surface area contributed by atoms with E-state index in [-0.39, 0.29) is 29.0 Å². The van der Waals surface area contributed by atoms with E-state index >= 15 is 0 Å². The first-order valence-electron chi connectivity index (χ1n) is 8.14. The SMILES string of the molecule is CC(C)C[C@H](NC(=O)c1ccc(Cl)cc1Cl)C(=O)N(C)CC(C)(C)O. The van der Waals surface area contributed by atoms with Crippen LogP contribution in [0.2, 0.25) is 10.0 Å². The van der Waals surface area contributed by atoms with Gasteiger partial charge in [-0.25, -0.2) is 0 Å². The zero-order valence-electron chi connectivity index (χ0n) is 15.3. The van der Waals surface area contributed by atoms with Gasteiger partial charge in [-0.05, 0) is 44.4 Å². The van der Waals surface area contributed by atoms with Crippen LogP contribution in [0.5, 0.6) is 0 Å². The second-order valence-electron chi connectivity index (χ2n) is 7.29. The fourth-order valence-electron chi connectivity index (χ4n) is 2.53. The van der Waals surface area contributed by atoms with Crippen molar-refractivity contribution in [2.45, 2.75) is 45.8 Å². The van der Waals surface area contributed by atoms with Crippen LogP contribution in [0, 0.1) is 5.92 Å². The molecule has 1 atom stereocenters. The second kappa shape index (κ2) is 8.88. The predicted molar refractivity (Wildman–Crippen MR) is 101 cm³/mol. The van der Waals surface area contributed by atoms with E-state index in [4.69, 9.17) is 23.2 Å². The van der Waals surface area contributed by atoms with E-state index < -0.39 is 17.6 Å². The number of aliphatic hydroxyl groups is 1. The molecule has 2 amide bonds. The van der Waals surface area contributed by atoms with Gasteiger partial charge in [-0.15, -0.1) is 0 Å². The number of amides is 2. The number of rotatable bonds is 7. The van der Waals surface area contributed by atoms with Gasteiger partial charge in [-0.1, -0.05) is 37.0 Å². The van der Waals surface area contributed by atoms with Gasteiger partial charge in [-0.3, -0.25) is 9.59 Å². The summed E-state index contributed by atoms with van der Waals surface area (Å²) in [4.78, 5) is 26.7. The summed E-state index contributed by atoms with van der Waals surface area (Å²) in [5, 5.41) is 13.3. The van der Waals surface area contributed by atoms with Crippen molar-refractivity contribution in [2.24, 2.45) is 5.92 Å². The van der Waals surface area contributed by atoms with Crippen molar-refractivity contribution in [1.29, 1.82) is 0 Å². The Morgan fingerprint density at radius 3 is 2.36 bits per heavy atom. The molecule has 0 aliphatic heterocycles. The van der Waals surface area contributed by atoms with E-state index in [1.54, 1.807) is 27.0 Å². The van der Waals surface area contributed by atoms with Crippen molar-refractivity contribution in [2.75, 3.05) is 13.6 Å². The van der Waals surface area contributed by atoms with E-state index in [2.05, 4.69) is 5.32 Å². The molecule has 0 spiro atoms. The zero-order valence-corrected chi connectivity index (χ0v) is 16.8. The molecule has 140 valence electrons. The van der Waals surface area contributed by atoms with Crippen LogP contribution in [0.3, 0.4) is 0 Å². The first-order valence-corrected chi connectivity index (χ1v) is 8.89. The summed E-state index contributed by atoms with van der Waals surface area (Å²) in [6.45, 7) is 7.36. The number of benzene rings is 1. The van der Waals surface area contributed by atoms with E-state index in [0.717, 1.165) is 0 Å². The minimum Gasteiger partial charge on any atom is -0.389 e. The molecule has 7 heteroatoms. The third-order valence-corrected chi connectivity index (χ3v) is 4.03. The Morgan fingerprint density at radius 1 is 1.28 bits per heavy atom. The number of likely N-dealkylation sites (N-methyl/N-ethyl adjacent to an activating group) is 1. The molecule has 0 saturated heterocycles. The lowest BCUT2D eigenvalue weighted by Crippen LogP contribution is -2.51. The van der Waals surface area contributed by atoms with Gasteiger partial charge in [0.1, 0.15) is 6.04 Å². The quantitative estimate of drug-likeness (QED) is 0.751. The van der Waals surface area contributed by atoms with Gasteiger partial charge in [-0.2, -0.15) is 0 Å². The third kappa shape index (κ3) is 7.22. The fraction of sp³-hybridized carbons (Fsp3) is 0.556. The maximum absolute atomic E-state index is 12.7. The molecule has 0 aliphatic rings. The lowest BCUT2D eigenvalue weighted by molar-refractivity contribution is -0.135. The molecule has 0 bridgehead atoms. The highest BCUT2D eigenvalue weighted by molar-refractivity contribution is 6.36. The molecule has 1 rings (SSSR count). The molecule has 2 N–H and O–H groups in total. The van der Waals surface area contributed by atoms with Gasteiger partial charge >= 0.3 is 0 Å². The molecule has 0 aromatic heterocycles. The van der Waals surface area contributed by atoms with Crippen LogP contribution >= 0.6 is 23.2 Å². The minimum atomic E-state index is -1.02. The maximum atomic E-state index is 12.7. The van der Waals surface area contributed by atoms with E-state index in [9.17, 15) is 14.7 Å². The molecule has 0 heterocycles. The largest absolute Gasteiger partial charge is 0.389 e. The molecular weight excluding hydrogens is 363 g/mol. The molecule has 5 nitrogen and oxygen atoms in total. The predicted octanol–water partition coefficient (Wildman–Crippen LogP) is 3.37. The van der Waals surface area contributed by atoms with Gasteiger partial charge in [0.05, 0.1) is 16.2 Å². The zero-order chi connectivity index (χ0) is 19.4. The highest BCUT2D eigenvalue weighted by atomic mass is 35.5. The Labute approximate surface area is 159 Å². The van der Waals surface area contributed by atoms with Crippen molar-refractivity contribution >= 4 is 35.0 Å². The van der Waals surface area contributed by atoms with Crippen LogP contribution in [0.15, 0.2) is 18.2 Å². The monoisotopic (exact) mass is 388 g/mol. The van der Waals surface area contributed by atoms with E-state index in [1.165, 1.54) is 17.0 Å². The summed E-state index contributed by atoms with van der Waals surface area (Å²) in [6.07, 6.45) is 0.478. The molecule has 0 aliphatic carbocycles. The molecule has 25 heavy (non-hydrogen) atoms. The second-order valence-corrected chi connectivity index (χ2v) is 8.13. The highest BCUT2D eigenvalue weighted by Crippen LogP contribution is 2.21. The van der Waals surface area contributed by atoms with Crippen molar-refractivity contribution in [3.63, 3.8) is 0 Å². The van der Waals surface area contributed by atoms with Gasteiger partial charge < -0.3 is 15.3 Å². The van der Waals surface area contributed by atoms with E-state index in [1.807, 2.05) is 13.8 Å². The number of nitrogens with one attached hydrogen (secondary N) is 1. The van der Waals surface area contributed by atoms with Crippen LogP contribution < -0.4 is 5.32 Å². The number of nitrogens with zero attached hydrogens (tertiary/aromatic N) is 1. The van der Waals surface area contributed by atoms with Crippen LogP contribution in [-0.4, -0.2) is 47.1 Å². The van der Waals surface area contributed by atoms with Crippen molar-refractivity contribution in [1.82, 2.24) is 10.2 Å². The van der Waals surface area contributed by atoms with Gasteiger partial charge in [0, 0.05) is 18.6 Å². The lowest BCUT2D eigenvalue weighted by Gasteiger charge is -2.30. The van der Waals surface area contributed by atoms with Crippen LogP contribution in [0.25, 0.3) is 0 Å². The number of carbonyl (C=O) groups is 2. The normalized spacial score (nSPS) is 12.8. The fourth-order valence-corrected chi connectivity index (χ4v) is 3.02. The standard InChI is InChI=1S/C18H26Cl2N2O3/c1-11(2)8-15(17(24)22(5)10-18(3,4)25)21-16(23)13-7-6-12(19)9-14(13)20/h6-7,9,11,15,25H,8,10H2,1-5H3,(H,21,23)/t15-/m0/s1. The Kier molecular flexibility index (Phi) is 7.72. The topological polar surface area (TPSA) is 69.6 Å². The average Bonchev–Trinajstić information content (AvgIpc) is 2.43. The Balaban J connectivity index is 2.95. The third-order valence-electron chi connectivity index (χ3n) is 3.49. The molecule has 0 radical (unpaired) electrons. The molecule has 1 aromatic carbocycles. The number of halogens is 2. The van der Waals surface area contributed by atoms with Crippen LogP contribution in [0.4, 0.5) is 0 Å². The van der Waals surface area contributed by atoms with Gasteiger partial charge in [0.15, 0.2) is 0 Å². The average molecular weight is 389 g/mol. The van der Waals surface area contributed by atoms with Crippen LogP contribution in [0.1, 0.15) is 44.5 Å². The summed E-state index contributed by atoms with van der Waals surface area (Å²) in [5.74, 6) is -0.489. The maximum Gasteiger partial charge on any atom is 0.253 e. The van der Waals surface area contributed by atoms with Crippen molar-refractivity contribution < 1.29 is 14.7 Å². The highest BCUT2D eigenvalue weighted by Gasteiger charge is 2.28. The Hall–Kier alpha value is -1.30. The van der Waals surface area contributed by atoms with Crippen LogP contribution in [-0.2, 0) is 4.79 Å². The summed E-state index contributed by atoms with van der Waals surface area (Å²) in [6, 6.07) is 3.88. The molecular formula is C18H26Cl2N2O3. The van der Waals surface area contributed by atoms with Gasteiger partial charge in [0.2, 0.25) is 5.91 Å².